The van der Waals surface area contributed by atoms with Crippen molar-refractivity contribution in [2.45, 2.75) is 45.3 Å². The van der Waals surface area contributed by atoms with Crippen molar-refractivity contribution in [2.75, 3.05) is 26.2 Å². The van der Waals surface area contributed by atoms with Gasteiger partial charge in [-0.1, -0.05) is 42.5 Å². The second-order valence-corrected chi connectivity index (χ2v) is 7.87. The minimum absolute atomic E-state index is 0. The maximum absolute atomic E-state index is 13.3. The lowest BCUT2D eigenvalue weighted by Crippen LogP contribution is -3.00. The summed E-state index contributed by atoms with van der Waals surface area (Å²) in [6.45, 7) is 5.70. The molecular weight excluding hydrogens is 443 g/mol. The molecule has 2 aromatic rings. The molecule has 0 aromatic heterocycles. The molecule has 0 atom stereocenters. The molecule has 0 radical (unpaired) electrons. The Morgan fingerprint density at radius 3 is 2.17 bits per heavy atom. The molecule has 1 saturated heterocycles. The van der Waals surface area contributed by atoms with Gasteiger partial charge in [0.15, 0.2) is 0 Å². The highest BCUT2D eigenvalue weighted by molar-refractivity contribution is 5.42. The summed E-state index contributed by atoms with van der Waals surface area (Å²) in [6.07, 6.45) is 0.369. The molecule has 0 unspecified atom stereocenters. The molecule has 0 amide bonds. The molecule has 0 spiro atoms. The molecule has 1 fully saturated rings. The number of alkyl halides is 3. The number of benzene rings is 2. The number of rotatable bonds is 6. The Balaban J connectivity index is 0.00000300. The van der Waals surface area contributed by atoms with Gasteiger partial charge in [-0.25, -0.2) is 0 Å². The molecule has 0 bridgehead atoms. The summed E-state index contributed by atoms with van der Waals surface area (Å²) >= 11 is 0. The van der Waals surface area contributed by atoms with Gasteiger partial charge in [0.25, 0.3) is 0 Å². The predicted octanol–water partition coefficient (Wildman–Crippen LogP) is 2.99. The standard InChI is InChI=1S/C23H29F3NO.BrH/c1-19-10-9-13-21(23(24,25)26)22(19)28-17-16-27(14-7-2-3-8-15-27)18-20-11-5-4-6-12-20;/h4-6,9-13H,2-3,7-8,14-18H2,1H3;1H/q+1;/p-1. The van der Waals surface area contributed by atoms with Crippen LogP contribution in [0.5, 0.6) is 5.75 Å². The molecule has 160 valence electrons. The molecule has 1 aliphatic heterocycles. The molecule has 0 saturated carbocycles. The van der Waals surface area contributed by atoms with Gasteiger partial charge in [0.2, 0.25) is 0 Å². The average molecular weight is 472 g/mol. The minimum Gasteiger partial charge on any atom is -1.00 e. The van der Waals surface area contributed by atoms with Crippen LogP contribution < -0.4 is 21.7 Å². The summed E-state index contributed by atoms with van der Waals surface area (Å²) in [6, 6.07) is 14.6. The molecule has 6 heteroatoms. The van der Waals surface area contributed by atoms with Crippen LogP contribution >= 0.6 is 0 Å². The molecule has 1 aliphatic rings. The van der Waals surface area contributed by atoms with Crippen molar-refractivity contribution in [1.82, 2.24) is 0 Å². The lowest BCUT2D eigenvalue weighted by atomic mass is 10.1. The molecule has 3 rings (SSSR count). The van der Waals surface area contributed by atoms with E-state index < -0.39 is 11.7 Å². The van der Waals surface area contributed by atoms with Gasteiger partial charge in [0.1, 0.15) is 25.4 Å². The largest absolute Gasteiger partial charge is 1.00 e. The Kier molecular flexibility index (Phi) is 8.58. The molecule has 29 heavy (non-hydrogen) atoms. The molecule has 2 nitrogen and oxygen atoms in total. The SMILES string of the molecule is Cc1cccc(C(F)(F)F)c1OCC[N+]1(Cc2ccccc2)CCCCCC1.[Br-]. The number of aryl methyl sites for hydroxylation is 1. The van der Waals surface area contributed by atoms with E-state index >= 15 is 0 Å². The summed E-state index contributed by atoms with van der Waals surface area (Å²) in [5.41, 5.74) is 1.12. The number of para-hydroxylation sites is 1. The smallest absolute Gasteiger partial charge is 0.419 e. The normalized spacial score (nSPS) is 16.6. The van der Waals surface area contributed by atoms with Crippen molar-refractivity contribution in [3.05, 3.63) is 65.2 Å². The number of likely N-dealkylation sites (tertiary alicyclic amines) is 1. The van der Waals surface area contributed by atoms with E-state index in [4.69, 9.17) is 4.74 Å². The Bertz CT molecular complexity index is 756. The number of hydrogen-bond donors (Lipinski definition) is 0. The third-order valence-electron chi connectivity index (χ3n) is 5.71. The zero-order valence-electron chi connectivity index (χ0n) is 16.9. The van der Waals surface area contributed by atoms with Crippen molar-refractivity contribution in [1.29, 1.82) is 0 Å². The quantitative estimate of drug-likeness (QED) is 0.588. The lowest BCUT2D eigenvalue weighted by Gasteiger charge is -2.38. The van der Waals surface area contributed by atoms with E-state index in [1.807, 2.05) is 18.2 Å². The van der Waals surface area contributed by atoms with Crippen LogP contribution in [0.15, 0.2) is 48.5 Å². The highest BCUT2D eigenvalue weighted by atomic mass is 79.9. The minimum atomic E-state index is -4.40. The average Bonchev–Trinajstić information content (AvgIpc) is 2.89. The van der Waals surface area contributed by atoms with Gasteiger partial charge in [0.05, 0.1) is 18.7 Å². The third-order valence-corrected chi connectivity index (χ3v) is 5.71. The first-order valence-corrected chi connectivity index (χ1v) is 10.1. The van der Waals surface area contributed by atoms with Gasteiger partial charge in [-0.2, -0.15) is 13.2 Å². The van der Waals surface area contributed by atoms with Gasteiger partial charge < -0.3 is 26.2 Å². The topological polar surface area (TPSA) is 9.23 Å². The number of quaternary nitrogens is 1. The third kappa shape index (κ3) is 6.48. The second-order valence-electron chi connectivity index (χ2n) is 7.87. The van der Waals surface area contributed by atoms with Gasteiger partial charge in [-0.05, 0) is 44.2 Å². The van der Waals surface area contributed by atoms with Crippen molar-refractivity contribution < 1.29 is 39.4 Å². The van der Waals surface area contributed by atoms with E-state index in [-0.39, 0.29) is 22.7 Å². The first kappa shape index (κ1) is 23.7. The first-order chi connectivity index (χ1) is 13.4. The lowest BCUT2D eigenvalue weighted by molar-refractivity contribution is -0.940. The molecule has 1 heterocycles. The van der Waals surface area contributed by atoms with Gasteiger partial charge in [-0.15, -0.1) is 0 Å². The maximum atomic E-state index is 13.3. The highest BCUT2D eigenvalue weighted by Crippen LogP contribution is 2.38. The molecular formula is C23H29BrF3NO. The number of hydrogen-bond acceptors (Lipinski definition) is 1. The highest BCUT2D eigenvalue weighted by Gasteiger charge is 2.35. The fraction of sp³-hybridized carbons (Fsp3) is 0.478. The summed E-state index contributed by atoms with van der Waals surface area (Å²) in [7, 11) is 0. The maximum Gasteiger partial charge on any atom is 0.419 e. The van der Waals surface area contributed by atoms with Crippen LogP contribution in [0.4, 0.5) is 13.2 Å². The van der Waals surface area contributed by atoms with Crippen LogP contribution in [0.2, 0.25) is 0 Å². The summed E-state index contributed by atoms with van der Waals surface area (Å²) in [4.78, 5) is 0. The van der Waals surface area contributed by atoms with Crippen LogP contribution in [0, 0.1) is 6.92 Å². The molecule has 0 N–H and O–H groups in total. The van der Waals surface area contributed by atoms with E-state index in [1.54, 1.807) is 13.0 Å². The van der Waals surface area contributed by atoms with Crippen LogP contribution in [-0.2, 0) is 12.7 Å². The van der Waals surface area contributed by atoms with Crippen LogP contribution in [0.25, 0.3) is 0 Å². The van der Waals surface area contributed by atoms with E-state index in [0.29, 0.717) is 12.2 Å². The van der Waals surface area contributed by atoms with Crippen LogP contribution in [0.3, 0.4) is 0 Å². The van der Waals surface area contributed by atoms with Gasteiger partial charge in [0, 0.05) is 5.56 Å². The molecule has 0 aliphatic carbocycles. The number of nitrogens with zero attached hydrogens (tertiary/aromatic N) is 1. The van der Waals surface area contributed by atoms with E-state index in [1.165, 1.54) is 24.5 Å². The molecule has 2 aromatic carbocycles. The van der Waals surface area contributed by atoms with E-state index in [2.05, 4.69) is 12.1 Å². The summed E-state index contributed by atoms with van der Waals surface area (Å²) in [5, 5.41) is 0. The fourth-order valence-electron chi connectivity index (χ4n) is 4.20. The first-order valence-electron chi connectivity index (χ1n) is 10.1. The summed E-state index contributed by atoms with van der Waals surface area (Å²) < 4.78 is 46.7. The fourth-order valence-corrected chi connectivity index (χ4v) is 4.20. The monoisotopic (exact) mass is 471 g/mol. The summed E-state index contributed by atoms with van der Waals surface area (Å²) in [5.74, 6) is -0.0253. The van der Waals surface area contributed by atoms with Crippen LogP contribution in [-0.4, -0.2) is 30.7 Å². The zero-order chi connectivity index (χ0) is 20.0. The van der Waals surface area contributed by atoms with Crippen molar-refractivity contribution >= 4 is 0 Å². The van der Waals surface area contributed by atoms with Crippen molar-refractivity contribution in [2.24, 2.45) is 0 Å². The number of ether oxygens (including phenoxy) is 1. The Hall–Kier alpha value is -1.53. The second kappa shape index (κ2) is 10.5. The van der Waals surface area contributed by atoms with E-state index in [0.717, 1.165) is 49.6 Å². The van der Waals surface area contributed by atoms with Crippen molar-refractivity contribution in [3.63, 3.8) is 0 Å². The zero-order valence-corrected chi connectivity index (χ0v) is 18.4. The van der Waals surface area contributed by atoms with Crippen LogP contribution in [0.1, 0.15) is 42.4 Å². The Morgan fingerprint density at radius 1 is 0.897 bits per heavy atom. The Labute approximate surface area is 182 Å². The number of halogens is 4. The van der Waals surface area contributed by atoms with Gasteiger partial charge >= 0.3 is 6.18 Å². The van der Waals surface area contributed by atoms with Gasteiger partial charge in [-0.3, -0.25) is 0 Å². The van der Waals surface area contributed by atoms with E-state index in [9.17, 15) is 13.2 Å². The van der Waals surface area contributed by atoms with Crippen molar-refractivity contribution in [3.8, 4) is 5.75 Å². The Morgan fingerprint density at radius 2 is 1.55 bits per heavy atom. The predicted molar refractivity (Wildman–Crippen MR) is 105 cm³/mol.